The Kier molecular flexibility index (Phi) is 8.08. The molecule has 3 nitrogen and oxygen atoms in total. The van der Waals surface area contributed by atoms with Crippen LogP contribution < -0.4 is 5.32 Å². The van der Waals surface area contributed by atoms with Gasteiger partial charge in [0, 0.05) is 19.1 Å². The molecule has 0 spiro atoms. The van der Waals surface area contributed by atoms with Crippen molar-refractivity contribution in [3.8, 4) is 0 Å². The summed E-state index contributed by atoms with van der Waals surface area (Å²) in [4.78, 5) is 5.06. The number of nitrogens with one attached hydrogen (secondary N) is 1. The Balaban J connectivity index is 2.37. The van der Waals surface area contributed by atoms with Crippen LogP contribution in [0.2, 0.25) is 0 Å². The first-order chi connectivity index (χ1) is 9.40. The van der Waals surface area contributed by atoms with Crippen molar-refractivity contribution in [1.29, 1.82) is 0 Å². The van der Waals surface area contributed by atoms with Crippen LogP contribution in [-0.4, -0.2) is 62.7 Å². The molecule has 20 heavy (non-hydrogen) atoms. The molecule has 0 aliphatic carbocycles. The Morgan fingerprint density at radius 2 is 1.65 bits per heavy atom. The molecule has 1 rings (SSSR count). The van der Waals surface area contributed by atoms with Gasteiger partial charge in [-0.1, -0.05) is 27.7 Å². The van der Waals surface area contributed by atoms with Gasteiger partial charge in [0.15, 0.2) is 0 Å². The molecule has 1 N–H and O–H groups in total. The van der Waals surface area contributed by atoms with Crippen molar-refractivity contribution in [2.45, 2.75) is 46.6 Å². The Morgan fingerprint density at radius 3 is 2.10 bits per heavy atom. The summed E-state index contributed by atoms with van der Waals surface area (Å²) >= 11 is 0. The maximum atomic E-state index is 3.66. The molecule has 120 valence electrons. The van der Waals surface area contributed by atoms with E-state index in [4.69, 9.17) is 0 Å². The van der Waals surface area contributed by atoms with E-state index >= 15 is 0 Å². The zero-order valence-electron chi connectivity index (χ0n) is 14.7. The molecule has 0 amide bonds. The lowest BCUT2D eigenvalue weighted by molar-refractivity contribution is 0.0939. The molecule has 1 unspecified atom stereocenters. The third kappa shape index (κ3) is 6.55. The van der Waals surface area contributed by atoms with Crippen LogP contribution in [0.25, 0.3) is 0 Å². The summed E-state index contributed by atoms with van der Waals surface area (Å²) in [5, 5.41) is 3.66. The molecule has 1 aliphatic heterocycles. The van der Waals surface area contributed by atoms with Gasteiger partial charge in [-0.2, -0.15) is 0 Å². The fourth-order valence-electron chi connectivity index (χ4n) is 3.29. The summed E-state index contributed by atoms with van der Waals surface area (Å²) < 4.78 is 0. The first-order valence-electron chi connectivity index (χ1n) is 8.49. The van der Waals surface area contributed by atoms with E-state index in [9.17, 15) is 0 Å². The molecule has 1 atom stereocenters. The highest BCUT2D eigenvalue weighted by molar-refractivity contribution is 4.82. The van der Waals surface area contributed by atoms with E-state index in [1.165, 1.54) is 32.5 Å². The van der Waals surface area contributed by atoms with Crippen LogP contribution >= 0.6 is 0 Å². The third-order valence-corrected chi connectivity index (χ3v) is 4.42. The number of nitrogens with zero attached hydrogens (tertiary/aromatic N) is 2. The van der Waals surface area contributed by atoms with Crippen LogP contribution in [0.3, 0.4) is 0 Å². The molecule has 1 aliphatic rings. The van der Waals surface area contributed by atoms with Crippen LogP contribution in [0.1, 0.15) is 40.5 Å². The minimum absolute atomic E-state index is 0.703. The van der Waals surface area contributed by atoms with Gasteiger partial charge >= 0.3 is 0 Å². The first-order valence-corrected chi connectivity index (χ1v) is 8.49. The van der Waals surface area contributed by atoms with Crippen molar-refractivity contribution in [2.24, 2.45) is 17.8 Å². The summed E-state index contributed by atoms with van der Waals surface area (Å²) in [6.07, 6.45) is 2.73. The number of likely N-dealkylation sites (tertiary alicyclic amines) is 1. The van der Waals surface area contributed by atoms with Gasteiger partial charge in [-0.25, -0.2) is 0 Å². The van der Waals surface area contributed by atoms with Gasteiger partial charge in [-0.05, 0) is 64.3 Å². The molecule has 3 heteroatoms. The molecular formula is C17H37N3. The number of hydrogen-bond donors (Lipinski definition) is 1. The van der Waals surface area contributed by atoms with Crippen LogP contribution in [0, 0.1) is 17.8 Å². The predicted molar refractivity (Wildman–Crippen MR) is 89.2 cm³/mol. The van der Waals surface area contributed by atoms with Crippen molar-refractivity contribution >= 4 is 0 Å². The molecule has 0 saturated carbocycles. The Morgan fingerprint density at radius 1 is 1.05 bits per heavy atom. The highest BCUT2D eigenvalue weighted by atomic mass is 15.2. The fraction of sp³-hybridized carbons (Fsp3) is 1.00. The van der Waals surface area contributed by atoms with Gasteiger partial charge in [0.2, 0.25) is 0 Å². The lowest BCUT2D eigenvalue weighted by Crippen LogP contribution is -2.50. The molecule has 0 aromatic heterocycles. The number of hydrogen-bond acceptors (Lipinski definition) is 3. The zero-order valence-corrected chi connectivity index (χ0v) is 14.7. The maximum absolute atomic E-state index is 3.66. The molecule has 0 bridgehead atoms. The topological polar surface area (TPSA) is 18.5 Å². The van der Waals surface area contributed by atoms with Gasteiger partial charge in [0.1, 0.15) is 0 Å². The van der Waals surface area contributed by atoms with Crippen molar-refractivity contribution in [3.63, 3.8) is 0 Å². The standard InChI is InChI=1S/C17H37N3/c1-14(2)11-18-12-17(15(3)4)20-9-7-16(8-10-20)13-19(5)6/h14-18H,7-13H2,1-6H3. The van der Waals surface area contributed by atoms with Gasteiger partial charge < -0.3 is 10.2 Å². The highest BCUT2D eigenvalue weighted by Crippen LogP contribution is 2.22. The summed E-state index contributed by atoms with van der Waals surface area (Å²) in [5.74, 6) is 2.38. The average molecular weight is 284 g/mol. The number of piperidine rings is 1. The van der Waals surface area contributed by atoms with E-state index < -0.39 is 0 Å². The van der Waals surface area contributed by atoms with Crippen molar-refractivity contribution < 1.29 is 0 Å². The average Bonchev–Trinajstić information content (AvgIpc) is 2.34. The normalized spacial score (nSPS) is 20.2. The van der Waals surface area contributed by atoms with Gasteiger partial charge in [0.25, 0.3) is 0 Å². The Bertz CT molecular complexity index is 243. The van der Waals surface area contributed by atoms with E-state index in [1.807, 2.05) is 0 Å². The van der Waals surface area contributed by atoms with Gasteiger partial charge in [-0.3, -0.25) is 4.90 Å². The van der Waals surface area contributed by atoms with Crippen molar-refractivity contribution in [3.05, 3.63) is 0 Å². The monoisotopic (exact) mass is 283 g/mol. The largest absolute Gasteiger partial charge is 0.315 e. The summed E-state index contributed by atoms with van der Waals surface area (Å²) in [7, 11) is 4.39. The molecule has 0 aromatic carbocycles. The minimum atomic E-state index is 0.703. The van der Waals surface area contributed by atoms with Gasteiger partial charge in [-0.15, -0.1) is 0 Å². The van der Waals surface area contributed by atoms with E-state index in [1.54, 1.807) is 0 Å². The molecule has 1 fully saturated rings. The molecule has 1 saturated heterocycles. The maximum Gasteiger partial charge on any atom is 0.0243 e. The van der Waals surface area contributed by atoms with E-state index in [0.29, 0.717) is 6.04 Å². The molecule has 0 radical (unpaired) electrons. The first kappa shape index (κ1) is 17.9. The Labute approximate surface area is 127 Å². The Hall–Kier alpha value is -0.120. The van der Waals surface area contributed by atoms with Crippen molar-refractivity contribution in [1.82, 2.24) is 15.1 Å². The molecule has 0 aromatic rings. The summed E-state index contributed by atoms with van der Waals surface area (Å²) in [6, 6.07) is 0.703. The van der Waals surface area contributed by atoms with E-state index in [-0.39, 0.29) is 0 Å². The van der Waals surface area contributed by atoms with Gasteiger partial charge in [0.05, 0.1) is 0 Å². The van der Waals surface area contributed by atoms with Crippen LogP contribution in [-0.2, 0) is 0 Å². The number of rotatable bonds is 8. The van der Waals surface area contributed by atoms with Crippen LogP contribution in [0.15, 0.2) is 0 Å². The lowest BCUT2D eigenvalue weighted by atomic mass is 9.92. The van der Waals surface area contributed by atoms with Crippen LogP contribution in [0.5, 0.6) is 0 Å². The quantitative estimate of drug-likeness (QED) is 0.738. The van der Waals surface area contributed by atoms with E-state index in [2.05, 4.69) is 56.9 Å². The SMILES string of the molecule is CC(C)CNCC(C(C)C)N1CCC(CN(C)C)CC1. The van der Waals surface area contributed by atoms with Crippen LogP contribution in [0.4, 0.5) is 0 Å². The molecular weight excluding hydrogens is 246 g/mol. The predicted octanol–water partition coefficient (Wildman–Crippen LogP) is 2.53. The second-order valence-corrected chi connectivity index (χ2v) is 7.61. The second-order valence-electron chi connectivity index (χ2n) is 7.61. The summed E-state index contributed by atoms with van der Waals surface area (Å²) in [6.45, 7) is 15.4. The third-order valence-electron chi connectivity index (χ3n) is 4.42. The molecule has 1 heterocycles. The fourth-order valence-corrected chi connectivity index (χ4v) is 3.29. The highest BCUT2D eigenvalue weighted by Gasteiger charge is 2.26. The minimum Gasteiger partial charge on any atom is -0.315 e. The lowest BCUT2D eigenvalue weighted by Gasteiger charge is -2.40. The second kappa shape index (κ2) is 9.01. The van der Waals surface area contributed by atoms with E-state index in [0.717, 1.165) is 30.8 Å². The summed E-state index contributed by atoms with van der Waals surface area (Å²) in [5.41, 5.74) is 0. The van der Waals surface area contributed by atoms with Crippen molar-refractivity contribution in [2.75, 3.05) is 46.8 Å². The zero-order chi connectivity index (χ0) is 15.1. The smallest absolute Gasteiger partial charge is 0.0243 e.